The van der Waals surface area contributed by atoms with Crippen molar-refractivity contribution in [2.75, 3.05) is 13.2 Å². The van der Waals surface area contributed by atoms with Gasteiger partial charge in [0.2, 0.25) is 0 Å². The third-order valence-electron chi connectivity index (χ3n) is 3.22. The maximum atomic E-state index is 13.4. The number of ether oxygens (including phenoxy) is 2. The molecule has 0 saturated heterocycles. The zero-order valence-electron chi connectivity index (χ0n) is 10.6. The Morgan fingerprint density at radius 3 is 2.75 bits per heavy atom. The van der Waals surface area contributed by atoms with Gasteiger partial charge in [-0.3, -0.25) is 0 Å². The minimum Gasteiger partial charge on any atom is -0.486 e. The van der Waals surface area contributed by atoms with Gasteiger partial charge in [-0.2, -0.15) is 0 Å². The van der Waals surface area contributed by atoms with Gasteiger partial charge in [0.25, 0.3) is 0 Å². The molecule has 0 saturated carbocycles. The van der Waals surface area contributed by atoms with Crippen LogP contribution in [0.1, 0.15) is 17.2 Å². The summed E-state index contributed by atoms with van der Waals surface area (Å²) in [5.74, 6) is 0.880. The second-order valence-corrected chi connectivity index (χ2v) is 4.92. The van der Waals surface area contributed by atoms with Gasteiger partial charge in [0.1, 0.15) is 19.0 Å². The first-order valence-corrected chi connectivity index (χ1v) is 6.63. The third-order valence-corrected chi connectivity index (χ3v) is 3.57. The zero-order chi connectivity index (χ0) is 14.1. The van der Waals surface area contributed by atoms with Gasteiger partial charge in [0.15, 0.2) is 11.5 Å². The van der Waals surface area contributed by atoms with E-state index in [0.29, 0.717) is 35.3 Å². The molecule has 1 aliphatic heterocycles. The summed E-state index contributed by atoms with van der Waals surface area (Å²) in [5, 5.41) is 0.424. The Kier molecular flexibility index (Phi) is 3.51. The van der Waals surface area contributed by atoms with Crippen molar-refractivity contribution in [3.63, 3.8) is 0 Å². The molecule has 2 aromatic carbocycles. The van der Waals surface area contributed by atoms with Crippen LogP contribution in [0.2, 0.25) is 5.02 Å². The lowest BCUT2D eigenvalue weighted by Gasteiger charge is -2.24. The van der Waals surface area contributed by atoms with Crippen LogP contribution in [0, 0.1) is 5.82 Å². The summed E-state index contributed by atoms with van der Waals surface area (Å²) in [6, 6.07) is 9.05. The highest BCUT2D eigenvalue weighted by Gasteiger charge is 2.22. The molecule has 2 N–H and O–H groups in total. The number of fused-ring (bicyclic) bond motifs is 1. The van der Waals surface area contributed by atoms with Crippen molar-refractivity contribution < 1.29 is 13.9 Å². The first-order valence-electron chi connectivity index (χ1n) is 6.26. The molecule has 20 heavy (non-hydrogen) atoms. The molecule has 3 nitrogen and oxygen atoms in total. The molecule has 1 unspecified atom stereocenters. The standard InChI is InChI=1S/C15H13ClFNO2/c16-12-5-4-9(17)8-11(12)14(18)10-2-1-3-13-15(10)20-7-6-19-13/h1-5,8,14H,6-7,18H2. The van der Waals surface area contributed by atoms with E-state index in [9.17, 15) is 4.39 Å². The lowest BCUT2D eigenvalue weighted by molar-refractivity contribution is 0.169. The number of hydrogen-bond donors (Lipinski definition) is 1. The summed E-state index contributed by atoms with van der Waals surface area (Å²) in [6.45, 7) is 0.972. The van der Waals surface area contributed by atoms with Crippen molar-refractivity contribution in [3.05, 3.63) is 58.4 Å². The van der Waals surface area contributed by atoms with Crippen molar-refractivity contribution >= 4 is 11.6 Å². The quantitative estimate of drug-likeness (QED) is 0.924. The summed E-state index contributed by atoms with van der Waals surface area (Å²) in [6.07, 6.45) is 0. The molecule has 0 aromatic heterocycles. The van der Waals surface area contributed by atoms with E-state index in [0.717, 1.165) is 5.56 Å². The second kappa shape index (κ2) is 5.31. The number of rotatable bonds is 2. The normalized spacial score (nSPS) is 14.9. The Hall–Kier alpha value is -1.78. The van der Waals surface area contributed by atoms with Crippen LogP contribution in [-0.2, 0) is 0 Å². The molecule has 1 atom stereocenters. The van der Waals surface area contributed by atoms with E-state index in [2.05, 4.69) is 0 Å². The van der Waals surface area contributed by atoms with Crippen molar-refractivity contribution in [1.29, 1.82) is 0 Å². The third kappa shape index (κ3) is 2.32. The maximum Gasteiger partial charge on any atom is 0.166 e. The Morgan fingerprint density at radius 2 is 1.90 bits per heavy atom. The van der Waals surface area contributed by atoms with Crippen LogP contribution >= 0.6 is 11.6 Å². The first kappa shape index (κ1) is 13.2. The molecule has 104 valence electrons. The molecule has 0 fully saturated rings. The summed E-state index contributed by atoms with van der Waals surface area (Å²) >= 11 is 6.11. The van der Waals surface area contributed by atoms with Crippen LogP contribution < -0.4 is 15.2 Å². The number of halogens is 2. The van der Waals surface area contributed by atoms with E-state index in [-0.39, 0.29) is 5.82 Å². The average molecular weight is 294 g/mol. The molecule has 1 heterocycles. The molecule has 0 bridgehead atoms. The molecule has 2 aromatic rings. The fourth-order valence-electron chi connectivity index (χ4n) is 2.26. The van der Waals surface area contributed by atoms with Crippen LogP contribution in [0.3, 0.4) is 0 Å². The Morgan fingerprint density at radius 1 is 1.10 bits per heavy atom. The van der Waals surface area contributed by atoms with E-state index in [4.69, 9.17) is 26.8 Å². The van der Waals surface area contributed by atoms with Crippen molar-refractivity contribution in [2.24, 2.45) is 5.73 Å². The lowest BCUT2D eigenvalue weighted by Crippen LogP contribution is -2.20. The summed E-state index contributed by atoms with van der Waals surface area (Å²) in [7, 11) is 0. The minimum atomic E-state index is -0.574. The number of hydrogen-bond acceptors (Lipinski definition) is 3. The van der Waals surface area contributed by atoms with E-state index in [1.807, 2.05) is 18.2 Å². The number of nitrogens with two attached hydrogens (primary N) is 1. The van der Waals surface area contributed by atoms with Crippen molar-refractivity contribution in [2.45, 2.75) is 6.04 Å². The van der Waals surface area contributed by atoms with Gasteiger partial charge in [0.05, 0.1) is 6.04 Å². The molecular formula is C15H13ClFNO2. The largest absolute Gasteiger partial charge is 0.486 e. The monoisotopic (exact) mass is 293 g/mol. The van der Waals surface area contributed by atoms with Crippen LogP contribution in [0.25, 0.3) is 0 Å². The molecule has 0 aliphatic carbocycles. The van der Waals surface area contributed by atoms with Crippen LogP contribution in [0.5, 0.6) is 11.5 Å². The fraction of sp³-hybridized carbons (Fsp3) is 0.200. The summed E-state index contributed by atoms with van der Waals surface area (Å²) in [4.78, 5) is 0. The Balaban J connectivity index is 2.06. The maximum absolute atomic E-state index is 13.4. The highest BCUT2D eigenvalue weighted by Crippen LogP contribution is 2.39. The van der Waals surface area contributed by atoms with Gasteiger partial charge >= 0.3 is 0 Å². The van der Waals surface area contributed by atoms with Crippen LogP contribution in [0.4, 0.5) is 4.39 Å². The van der Waals surface area contributed by atoms with E-state index < -0.39 is 6.04 Å². The smallest absolute Gasteiger partial charge is 0.166 e. The minimum absolute atomic E-state index is 0.373. The zero-order valence-corrected chi connectivity index (χ0v) is 11.4. The fourth-order valence-corrected chi connectivity index (χ4v) is 2.50. The SMILES string of the molecule is NC(c1cc(F)ccc1Cl)c1cccc2c1OCCO2. The predicted octanol–water partition coefficient (Wildman–Crippen LogP) is 3.30. The topological polar surface area (TPSA) is 44.5 Å². The van der Waals surface area contributed by atoms with Gasteiger partial charge in [-0.05, 0) is 29.8 Å². The van der Waals surface area contributed by atoms with Gasteiger partial charge in [-0.25, -0.2) is 4.39 Å². The lowest BCUT2D eigenvalue weighted by atomic mass is 9.98. The highest BCUT2D eigenvalue weighted by molar-refractivity contribution is 6.31. The summed E-state index contributed by atoms with van der Waals surface area (Å²) in [5.41, 5.74) is 7.48. The van der Waals surface area contributed by atoms with Gasteiger partial charge in [-0.15, -0.1) is 0 Å². The van der Waals surface area contributed by atoms with Crippen LogP contribution in [-0.4, -0.2) is 13.2 Å². The average Bonchev–Trinajstić information content (AvgIpc) is 2.48. The number of para-hydroxylation sites is 1. The summed E-state index contributed by atoms with van der Waals surface area (Å²) < 4.78 is 24.5. The highest BCUT2D eigenvalue weighted by atomic mass is 35.5. The van der Waals surface area contributed by atoms with E-state index in [1.165, 1.54) is 18.2 Å². The molecule has 3 rings (SSSR count). The molecule has 1 aliphatic rings. The van der Waals surface area contributed by atoms with E-state index >= 15 is 0 Å². The predicted molar refractivity (Wildman–Crippen MR) is 74.9 cm³/mol. The van der Waals surface area contributed by atoms with Crippen LogP contribution in [0.15, 0.2) is 36.4 Å². The van der Waals surface area contributed by atoms with E-state index in [1.54, 1.807) is 0 Å². The Labute approximate surface area is 121 Å². The molecule has 0 amide bonds. The molecule has 5 heteroatoms. The molecular weight excluding hydrogens is 281 g/mol. The number of benzene rings is 2. The van der Waals surface area contributed by atoms with Gasteiger partial charge in [-0.1, -0.05) is 23.7 Å². The second-order valence-electron chi connectivity index (χ2n) is 4.51. The van der Waals surface area contributed by atoms with Crippen molar-refractivity contribution in [1.82, 2.24) is 0 Å². The first-order chi connectivity index (χ1) is 9.66. The van der Waals surface area contributed by atoms with Crippen molar-refractivity contribution in [3.8, 4) is 11.5 Å². The molecule has 0 spiro atoms. The van der Waals surface area contributed by atoms with Gasteiger partial charge in [0, 0.05) is 10.6 Å². The Bertz CT molecular complexity index is 648. The molecule has 0 radical (unpaired) electrons. The van der Waals surface area contributed by atoms with Gasteiger partial charge < -0.3 is 15.2 Å².